The maximum atomic E-state index is 11.9. The summed E-state index contributed by atoms with van der Waals surface area (Å²) in [5, 5.41) is 3.09. The fourth-order valence-electron chi connectivity index (χ4n) is 4.30. The van der Waals surface area contributed by atoms with Crippen LogP contribution in [0.15, 0.2) is 30.0 Å². The average molecular weight is 352 g/mol. The van der Waals surface area contributed by atoms with Gasteiger partial charge in [-0.05, 0) is 55.0 Å². The van der Waals surface area contributed by atoms with Crippen molar-refractivity contribution in [1.82, 2.24) is 4.90 Å². The third-order valence-corrected chi connectivity index (χ3v) is 5.56. The van der Waals surface area contributed by atoms with Gasteiger partial charge in [0, 0.05) is 37.5 Å². The highest BCUT2D eigenvalue weighted by molar-refractivity contribution is 5.95. The SMILES string of the molecule is CC1=CC(c2cc3c(c(COC4CCCC4)c2)NC(=O)CC3)=CN(C)C1. The van der Waals surface area contributed by atoms with E-state index in [2.05, 4.69) is 48.6 Å². The number of nitrogens with zero attached hydrogens (tertiary/aromatic N) is 1. The third-order valence-electron chi connectivity index (χ3n) is 5.56. The molecule has 1 fully saturated rings. The van der Waals surface area contributed by atoms with Crippen molar-refractivity contribution in [3.05, 3.63) is 46.7 Å². The number of carbonyl (C=O) groups is 1. The van der Waals surface area contributed by atoms with Crippen LogP contribution in [0.4, 0.5) is 5.69 Å². The van der Waals surface area contributed by atoms with Gasteiger partial charge in [-0.2, -0.15) is 0 Å². The molecule has 1 saturated carbocycles. The van der Waals surface area contributed by atoms with Crippen molar-refractivity contribution in [2.24, 2.45) is 0 Å². The minimum atomic E-state index is 0.111. The zero-order valence-electron chi connectivity index (χ0n) is 15.8. The van der Waals surface area contributed by atoms with Gasteiger partial charge in [-0.15, -0.1) is 0 Å². The van der Waals surface area contributed by atoms with Gasteiger partial charge in [0.05, 0.1) is 12.7 Å². The molecule has 0 atom stereocenters. The number of amides is 1. The Hall–Kier alpha value is -2.07. The van der Waals surface area contributed by atoms with Crippen LogP contribution in [0, 0.1) is 0 Å². The van der Waals surface area contributed by atoms with E-state index >= 15 is 0 Å². The van der Waals surface area contributed by atoms with Crippen LogP contribution in [0.1, 0.15) is 55.7 Å². The van der Waals surface area contributed by atoms with Crippen molar-refractivity contribution in [1.29, 1.82) is 0 Å². The van der Waals surface area contributed by atoms with Crippen LogP contribution in [-0.2, 0) is 22.6 Å². The van der Waals surface area contributed by atoms with E-state index in [4.69, 9.17) is 4.74 Å². The van der Waals surface area contributed by atoms with Crippen LogP contribution in [0.5, 0.6) is 0 Å². The van der Waals surface area contributed by atoms with Gasteiger partial charge in [-0.1, -0.05) is 24.5 Å². The molecular formula is C22H28N2O2. The predicted octanol–water partition coefficient (Wildman–Crippen LogP) is 4.26. The maximum Gasteiger partial charge on any atom is 0.224 e. The summed E-state index contributed by atoms with van der Waals surface area (Å²) in [7, 11) is 2.11. The van der Waals surface area contributed by atoms with Gasteiger partial charge in [0.15, 0.2) is 0 Å². The molecule has 2 aliphatic heterocycles. The second kappa shape index (κ2) is 7.28. The van der Waals surface area contributed by atoms with E-state index < -0.39 is 0 Å². The minimum absolute atomic E-state index is 0.111. The Bertz CT molecular complexity index is 773. The first-order valence-electron chi connectivity index (χ1n) is 9.75. The Balaban J connectivity index is 1.67. The summed E-state index contributed by atoms with van der Waals surface area (Å²) in [6, 6.07) is 4.44. The summed E-state index contributed by atoms with van der Waals surface area (Å²) in [4.78, 5) is 14.2. The van der Waals surface area contributed by atoms with Gasteiger partial charge in [0.2, 0.25) is 5.91 Å². The van der Waals surface area contributed by atoms with E-state index in [0.29, 0.717) is 19.1 Å². The van der Waals surface area contributed by atoms with Crippen LogP contribution in [-0.4, -0.2) is 30.5 Å². The smallest absolute Gasteiger partial charge is 0.224 e. The van der Waals surface area contributed by atoms with Gasteiger partial charge < -0.3 is 15.0 Å². The lowest BCUT2D eigenvalue weighted by atomic mass is 9.92. The van der Waals surface area contributed by atoms with Gasteiger partial charge >= 0.3 is 0 Å². The molecule has 0 radical (unpaired) electrons. The summed E-state index contributed by atoms with van der Waals surface area (Å²) in [5.74, 6) is 0.111. The summed E-state index contributed by atoms with van der Waals surface area (Å²) in [6.07, 6.45) is 11.1. The zero-order chi connectivity index (χ0) is 18.1. The highest BCUT2D eigenvalue weighted by Gasteiger charge is 2.22. The largest absolute Gasteiger partial charge is 0.376 e. The number of ether oxygens (including phenoxy) is 1. The van der Waals surface area contributed by atoms with Gasteiger partial charge in [0.1, 0.15) is 0 Å². The molecule has 1 amide bonds. The number of allylic oxidation sites excluding steroid dienone is 2. The Morgan fingerprint density at radius 3 is 2.81 bits per heavy atom. The van der Waals surface area contributed by atoms with Crippen LogP contribution >= 0.6 is 0 Å². The molecule has 4 rings (SSSR count). The van der Waals surface area contributed by atoms with E-state index in [0.717, 1.165) is 37.1 Å². The zero-order valence-corrected chi connectivity index (χ0v) is 15.8. The van der Waals surface area contributed by atoms with Crippen LogP contribution < -0.4 is 5.32 Å². The lowest BCUT2D eigenvalue weighted by molar-refractivity contribution is -0.116. The lowest BCUT2D eigenvalue weighted by Gasteiger charge is -2.25. The highest BCUT2D eigenvalue weighted by Crippen LogP contribution is 2.34. The molecule has 0 unspecified atom stereocenters. The van der Waals surface area contributed by atoms with E-state index in [1.807, 2.05) is 0 Å². The molecule has 0 bridgehead atoms. The standard InChI is InChI=1S/C22H28N2O2/c1-15-9-18(13-24(2)12-15)17-10-16-7-8-21(25)23-22(16)19(11-17)14-26-20-5-3-4-6-20/h9-11,13,20H,3-8,12,14H2,1-2H3,(H,23,25). The normalized spacial score (nSPS) is 20.5. The molecule has 4 heteroatoms. The molecule has 4 nitrogen and oxygen atoms in total. The van der Waals surface area contributed by atoms with Gasteiger partial charge in [0.25, 0.3) is 0 Å². The minimum Gasteiger partial charge on any atom is -0.376 e. The molecule has 1 N–H and O–H groups in total. The number of carbonyl (C=O) groups excluding carboxylic acids is 1. The second-order valence-electron chi connectivity index (χ2n) is 7.93. The van der Waals surface area contributed by atoms with Gasteiger partial charge in [-0.3, -0.25) is 4.79 Å². The molecule has 1 aromatic rings. The Kier molecular flexibility index (Phi) is 4.86. The average Bonchev–Trinajstić information content (AvgIpc) is 3.12. The number of hydrogen-bond donors (Lipinski definition) is 1. The molecule has 0 spiro atoms. The van der Waals surface area contributed by atoms with Crippen molar-refractivity contribution in [2.45, 2.75) is 58.2 Å². The van der Waals surface area contributed by atoms with Crippen molar-refractivity contribution in [3.8, 4) is 0 Å². The summed E-state index contributed by atoms with van der Waals surface area (Å²) in [6.45, 7) is 3.72. The number of fused-ring (bicyclic) bond motifs is 1. The number of anilines is 1. The first-order valence-corrected chi connectivity index (χ1v) is 9.75. The fraction of sp³-hybridized carbons (Fsp3) is 0.500. The Morgan fingerprint density at radius 2 is 2.04 bits per heavy atom. The van der Waals surface area contributed by atoms with Crippen molar-refractivity contribution in [2.75, 3.05) is 18.9 Å². The van der Waals surface area contributed by atoms with E-state index in [1.54, 1.807) is 0 Å². The Morgan fingerprint density at radius 1 is 1.23 bits per heavy atom. The van der Waals surface area contributed by atoms with Crippen LogP contribution in [0.25, 0.3) is 5.57 Å². The molecule has 26 heavy (non-hydrogen) atoms. The van der Waals surface area contributed by atoms with E-state index in [9.17, 15) is 4.79 Å². The Labute approximate surface area is 155 Å². The summed E-state index contributed by atoms with van der Waals surface area (Å²) < 4.78 is 6.18. The number of rotatable bonds is 4. The third kappa shape index (κ3) is 3.70. The number of benzene rings is 1. The molecule has 1 aromatic carbocycles. The topological polar surface area (TPSA) is 41.6 Å². The number of hydrogen-bond acceptors (Lipinski definition) is 3. The van der Waals surface area contributed by atoms with Crippen molar-refractivity contribution in [3.63, 3.8) is 0 Å². The summed E-state index contributed by atoms with van der Waals surface area (Å²) in [5.41, 5.74) is 7.13. The quantitative estimate of drug-likeness (QED) is 0.880. The molecule has 3 aliphatic rings. The fourth-order valence-corrected chi connectivity index (χ4v) is 4.30. The number of nitrogens with one attached hydrogen (secondary N) is 1. The molecule has 0 saturated heterocycles. The van der Waals surface area contributed by atoms with E-state index in [1.165, 1.54) is 35.1 Å². The molecular weight excluding hydrogens is 324 g/mol. The molecule has 138 valence electrons. The number of likely N-dealkylation sites (N-methyl/N-ethyl adjacent to an activating group) is 1. The first kappa shape index (κ1) is 17.3. The second-order valence-corrected chi connectivity index (χ2v) is 7.93. The molecule has 2 heterocycles. The van der Waals surface area contributed by atoms with Crippen molar-refractivity contribution >= 4 is 17.2 Å². The summed E-state index contributed by atoms with van der Waals surface area (Å²) >= 11 is 0. The van der Waals surface area contributed by atoms with Crippen LogP contribution in [0.2, 0.25) is 0 Å². The van der Waals surface area contributed by atoms with E-state index in [-0.39, 0.29) is 5.91 Å². The highest BCUT2D eigenvalue weighted by atomic mass is 16.5. The predicted molar refractivity (Wildman–Crippen MR) is 105 cm³/mol. The monoisotopic (exact) mass is 352 g/mol. The van der Waals surface area contributed by atoms with Gasteiger partial charge in [-0.25, -0.2) is 0 Å². The molecule has 1 aliphatic carbocycles. The molecule has 0 aromatic heterocycles. The van der Waals surface area contributed by atoms with Crippen molar-refractivity contribution < 1.29 is 9.53 Å². The lowest BCUT2D eigenvalue weighted by Crippen LogP contribution is -2.22. The number of aryl methyl sites for hydroxylation is 1. The maximum absolute atomic E-state index is 11.9. The first-order chi connectivity index (χ1) is 12.6. The van der Waals surface area contributed by atoms with Crippen LogP contribution in [0.3, 0.4) is 0 Å².